The number of aliphatic hydroxyl groups is 7. The SMILES string of the molecule is CN[C@@H]1[C@H](O[C@H]2[C@H](O[C@@]3(C=O)[C@H](O)[C@@H](O)[C@H](N=CN)[C@@H](O)[C@@H]3N=C(N)N)O[C@@H](C)[C@]2(O)C=O)O[C@@H](CO)[C@H](O)[C@H]1O. The van der Waals surface area contributed by atoms with Gasteiger partial charge in [0, 0.05) is 0 Å². The predicted octanol–water partition coefficient (Wildman–Crippen LogP) is -7.88. The smallest absolute Gasteiger partial charge is 0.189 e. The minimum Gasteiger partial charge on any atom is -0.394 e. The number of aliphatic imine (C=N–C) groups is 2. The predicted molar refractivity (Wildman–Crippen MR) is 135 cm³/mol. The fourth-order valence-electron chi connectivity index (χ4n) is 5.31. The molecule has 3 aliphatic rings. The first-order valence-corrected chi connectivity index (χ1v) is 12.6. The number of carbonyl (C=O) groups excluding carboxylic acids is 2. The Balaban J connectivity index is 2.06. The molecule has 15 atom stereocenters. The highest BCUT2D eigenvalue weighted by Gasteiger charge is 2.65. The summed E-state index contributed by atoms with van der Waals surface area (Å²) in [5.74, 6) is -0.657. The zero-order chi connectivity index (χ0) is 30.9. The molecule has 0 radical (unpaired) electrons. The monoisotopic (exact) mass is 594 g/mol. The molecule has 0 spiro atoms. The van der Waals surface area contributed by atoms with Crippen molar-refractivity contribution in [1.29, 1.82) is 0 Å². The van der Waals surface area contributed by atoms with Gasteiger partial charge in [0.1, 0.15) is 54.8 Å². The molecule has 0 amide bonds. The second kappa shape index (κ2) is 12.9. The van der Waals surface area contributed by atoms with E-state index in [1.54, 1.807) is 0 Å². The Labute approximate surface area is 233 Å². The molecule has 1 aliphatic carbocycles. The number of hydrogen-bond donors (Lipinski definition) is 11. The molecule has 2 heterocycles. The van der Waals surface area contributed by atoms with Crippen LogP contribution in [0.2, 0.25) is 0 Å². The lowest BCUT2D eigenvalue weighted by Gasteiger charge is -2.49. The lowest BCUT2D eigenvalue weighted by molar-refractivity contribution is -0.322. The first-order chi connectivity index (χ1) is 19.3. The summed E-state index contributed by atoms with van der Waals surface area (Å²) in [6.07, 6.45) is -16.4. The highest BCUT2D eigenvalue weighted by Crippen LogP contribution is 2.42. The van der Waals surface area contributed by atoms with Crippen LogP contribution >= 0.6 is 0 Å². The molecule has 1 saturated carbocycles. The van der Waals surface area contributed by atoms with E-state index in [4.69, 9.17) is 36.1 Å². The van der Waals surface area contributed by atoms with Crippen LogP contribution in [0.4, 0.5) is 0 Å². The van der Waals surface area contributed by atoms with Crippen molar-refractivity contribution < 1.29 is 64.3 Å². The molecule has 0 aromatic heterocycles. The normalized spacial score (nSPS) is 48.7. The molecular formula is C22H38N6O13. The molecule has 0 aromatic rings. The molecule has 0 bridgehead atoms. The second-order valence-corrected chi connectivity index (χ2v) is 10.0. The Bertz CT molecular complexity index is 990. The summed E-state index contributed by atoms with van der Waals surface area (Å²) >= 11 is 0. The summed E-state index contributed by atoms with van der Waals surface area (Å²) in [4.78, 5) is 32.3. The van der Waals surface area contributed by atoms with E-state index < -0.39 is 103 Å². The maximum atomic E-state index is 12.6. The minimum atomic E-state index is -2.69. The Kier molecular flexibility index (Phi) is 10.4. The number of aliphatic hydroxyl groups excluding tert-OH is 6. The van der Waals surface area contributed by atoms with Gasteiger partial charge < -0.3 is 77.2 Å². The van der Waals surface area contributed by atoms with Crippen molar-refractivity contribution in [3.8, 4) is 0 Å². The fraction of sp³-hybridized carbons (Fsp3) is 0.818. The third-order valence-corrected chi connectivity index (χ3v) is 7.70. The van der Waals surface area contributed by atoms with Crippen LogP contribution in [0.5, 0.6) is 0 Å². The number of rotatable bonds is 10. The maximum Gasteiger partial charge on any atom is 0.189 e. The van der Waals surface area contributed by atoms with Crippen LogP contribution in [-0.2, 0) is 28.5 Å². The van der Waals surface area contributed by atoms with Gasteiger partial charge in [0.2, 0.25) is 0 Å². The highest BCUT2D eigenvalue weighted by atomic mass is 16.8. The van der Waals surface area contributed by atoms with Crippen LogP contribution < -0.4 is 22.5 Å². The molecule has 2 saturated heterocycles. The van der Waals surface area contributed by atoms with Crippen LogP contribution in [0.15, 0.2) is 9.98 Å². The average Bonchev–Trinajstić information content (AvgIpc) is 3.17. The molecule has 234 valence electrons. The summed E-state index contributed by atoms with van der Waals surface area (Å²) < 4.78 is 22.8. The van der Waals surface area contributed by atoms with E-state index in [0.29, 0.717) is 0 Å². The van der Waals surface area contributed by atoms with Crippen LogP contribution in [0.1, 0.15) is 6.92 Å². The van der Waals surface area contributed by atoms with Crippen LogP contribution in [0.3, 0.4) is 0 Å². The Morgan fingerprint density at radius 3 is 2.20 bits per heavy atom. The summed E-state index contributed by atoms with van der Waals surface area (Å²) in [6, 6.07) is -4.54. The minimum absolute atomic E-state index is 0.00236. The molecule has 41 heavy (non-hydrogen) atoms. The quantitative estimate of drug-likeness (QED) is 0.0635. The zero-order valence-electron chi connectivity index (χ0n) is 22.2. The highest BCUT2D eigenvalue weighted by molar-refractivity contribution is 5.77. The van der Waals surface area contributed by atoms with Gasteiger partial charge in [-0.15, -0.1) is 0 Å². The molecule has 3 fully saturated rings. The molecule has 2 aliphatic heterocycles. The number of guanidine groups is 1. The summed E-state index contributed by atoms with van der Waals surface area (Å²) in [7, 11) is 1.38. The van der Waals surface area contributed by atoms with Gasteiger partial charge in [0.05, 0.1) is 25.1 Å². The third kappa shape index (κ3) is 5.68. The number of hydrogen-bond acceptors (Lipinski definition) is 16. The summed E-state index contributed by atoms with van der Waals surface area (Å²) in [5, 5.41) is 77.0. The maximum absolute atomic E-state index is 12.6. The van der Waals surface area contributed by atoms with E-state index in [0.717, 1.165) is 6.34 Å². The van der Waals surface area contributed by atoms with Gasteiger partial charge >= 0.3 is 0 Å². The van der Waals surface area contributed by atoms with Gasteiger partial charge in [-0.2, -0.15) is 0 Å². The van der Waals surface area contributed by atoms with Crippen molar-refractivity contribution in [2.45, 2.75) is 97.7 Å². The third-order valence-electron chi connectivity index (χ3n) is 7.70. The topological polar surface area (TPSA) is 327 Å². The zero-order valence-corrected chi connectivity index (χ0v) is 22.2. The van der Waals surface area contributed by atoms with Crippen molar-refractivity contribution in [1.82, 2.24) is 5.32 Å². The summed E-state index contributed by atoms with van der Waals surface area (Å²) in [5.41, 5.74) is 11.1. The van der Waals surface area contributed by atoms with E-state index in [2.05, 4.69) is 15.3 Å². The van der Waals surface area contributed by atoms with E-state index in [1.165, 1.54) is 14.0 Å². The van der Waals surface area contributed by atoms with Crippen LogP contribution in [0.25, 0.3) is 0 Å². The lowest BCUT2D eigenvalue weighted by Crippen LogP contribution is -2.73. The molecule has 14 N–H and O–H groups in total. The van der Waals surface area contributed by atoms with Gasteiger partial charge in [-0.05, 0) is 14.0 Å². The molecular weight excluding hydrogens is 556 g/mol. The number of carbonyl (C=O) groups is 2. The largest absolute Gasteiger partial charge is 0.394 e. The van der Waals surface area contributed by atoms with Crippen molar-refractivity contribution in [3.63, 3.8) is 0 Å². The first kappa shape index (κ1) is 33.1. The van der Waals surface area contributed by atoms with E-state index in [9.17, 15) is 45.3 Å². The standard InChI is InChI=1S/C22H38N6O13/c1-7-21(37,4-30)17(40-18-10(26-2)12(33)11(32)8(3-29)39-18)19(38-7)41-22(5-31)15(28-20(24)25)13(34)9(27-6-23)14(35)16(22)36/h4-19,26,29,32-37H,3H2,1-2H3,(H2,23,27)(H4,24,25,28)/t7-,8-,9+,10-,11-,12-,13+,14-,15-,16+,17-,18-,19-,21+,22+/m0/s1. The van der Waals surface area contributed by atoms with Gasteiger partial charge in [-0.25, -0.2) is 4.99 Å². The number of nitrogens with zero attached hydrogens (tertiary/aromatic N) is 2. The molecule has 3 rings (SSSR count). The second-order valence-electron chi connectivity index (χ2n) is 10.0. The lowest BCUT2D eigenvalue weighted by atomic mass is 9.73. The van der Waals surface area contributed by atoms with Crippen molar-refractivity contribution in [2.24, 2.45) is 27.2 Å². The number of ether oxygens (including phenoxy) is 4. The van der Waals surface area contributed by atoms with E-state index in [1.807, 2.05) is 0 Å². The van der Waals surface area contributed by atoms with Crippen molar-refractivity contribution in [3.05, 3.63) is 0 Å². The number of nitrogens with one attached hydrogen (secondary N) is 1. The molecule has 0 aromatic carbocycles. The van der Waals surface area contributed by atoms with E-state index >= 15 is 0 Å². The van der Waals surface area contributed by atoms with Crippen molar-refractivity contribution in [2.75, 3.05) is 13.7 Å². The van der Waals surface area contributed by atoms with Crippen molar-refractivity contribution >= 4 is 24.9 Å². The van der Waals surface area contributed by atoms with E-state index in [-0.39, 0.29) is 12.6 Å². The van der Waals surface area contributed by atoms with Gasteiger partial charge in [-0.3, -0.25) is 14.6 Å². The fourth-order valence-corrected chi connectivity index (χ4v) is 5.31. The average molecular weight is 595 g/mol. The van der Waals surface area contributed by atoms with Gasteiger partial charge in [0.15, 0.2) is 42.3 Å². The molecule has 19 nitrogen and oxygen atoms in total. The number of aldehydes is 2. The summed E-state index contributed by atoms with van der Waals surface area (Å²) in [6.45, 7) is 0.515. The Hall–Kier alpha value is -2.40. The Morgan fingerprint density at radius 2 is 1.68 bits per heavy atom. The van der Waals surface area contributed by atoms with Crippen LogP contribution in [0, 0.1) is 0 Å². The first-order valence-electron chi connectivity index (χ1n) is 12.6. The molecule has 0 unspecified atom stereocenters. The van der Waals surface area contributed by atoms with Crippen LogP contribution in [-0.4, -0.2) is 165 Å². The van der Waals surface area contributed by atoms with Gasteiger partial charge in [0.25, 0.3) is 0 Å². The molecule has 19 heteroatoms. The number of likely N-dealkylation sites (N-methyl/N-ethyl adjacent to an activating group) is 1. The Morgan fingerprint density at radius 1 is 1.02 bits per heavy atom. The van der Waals surface area contributed by atoms with Gasteiger partial charge in [-0.1, -0.05) is 0 Å². The number of nitrogens with two attached hydrogens (primary N) is 3.